The summed E-state index contributed by atoms with van der Waals surface area (Å²) in [6.07, 6.45) is 0. The van der Waals surface area contributed by atoms with Crippen molar-refractivity contribution in [3.8, 4) is 11.1 Å². The van der Waals surface area contributed by atoms with Crippen LogP contribution in [0.25, 0.3) is 11.1 Å². The van der Waals surface area contributed by atoms with Gasteiger partial charge in [0.1, 0.15) is 0 Å². The third-order valence-electron chi connectivity index (χ3n) is 9.22. The molecule has 8 rings (SSSR count). The summed E-state index contributed by atoms with van der Waals surface area (Å²) in [5, 5.41) is 0. The third-order valence-corrected chi connectivity index (χ3v) is 9.22. The molecule has 2 heterocycles. The van der Waals surface area contributed by atoms with Crippen molar-refractivity contribution < 1.29 is 0 Å². The Labute approximate surface area is 231 Å². The van der Waals surface area contributed by atoms with E-state index in [2.05, 4.69) is 152 Å². The molecule has 0 radical (unpaired) electrons. The smallest absolute Gasteiger partial charge is 0.332 e. The number of fused-ring (bicyclic) bond motifs is 8. The summed E-state index contributed by atoms with van der Waals surface area (Å²) in [4.78, 5) is 7.38. The van der Waals surface area contributed by atoms with Crippen molar-refractivity contribution in [2.45, 2.75) is 19.3 Å². The van der Waals surface area contributed by atoms with Gasteiger partial charge in [0.2, 0.25) is 0 Å². The van der Waals surface area contributed by atoms with E-state index in [9.17, 15) is 0 Å². The van der Waals surface area contributed by atoms with Crippen LogP contribution in [0.4, 0.5) is 34.1 Å². The molecule has 5 aromatic carbocycles. The van der Waals surface area contributed by atoms with Gasteiger partial charge in [0, 0.05) is 30.9 Å². The molecule has 188 valence electrons. The fraction of sp³-hybridized carbons (Fsp3) is 0.143. The van der Waals surface area contributed by atoms with E-state index in [1.54, 1.807) is 0 Å². The van der Waals surface area contributed by atoms with Crippen molar-refractivity contribution in [2.24, 2.45) is 0 Å². The van der Waals surface area contributed by atoms with Gasteiger partial charge in [-0.15, -0.1) is 0 Å². The zero-order chi connectivity index (χ0) is 26.5. The molecule has 3 nitrogen and oxygen atoms in total. The van der Waals surface area contributed by atoms with Gasteiger partial charge in [-0.1, -0.05) is 92.7 Å². The second-order valence-corrected chi connectivity index (χ2v) is 11.5. The number of benzene rings is 5. The van der Waals surface area contributed by atoms with E-state index in [1.807, 2.05) is 0 Å². The number of hydrogen-bond acceptors (Lipinski definition) is 3. The van der Waals surface area contributed by atoms with Gasteiger partial charge >= 0.3 is 6.85 Å². The summed E-state index contributed by atoms with van der Waals surface area (Å²) in [5.74, 6) is 0. The van der Waals surface area contributed by atoms with Gasteiger partial charge in [-0.05, 0) is 63.5 Å². The zero-order valence-corrected chi connectivity index (χ0v) is 22.8. The number of hydrogen-bond donors (Lipinski definition) is 0. The number of para-hydroxylation sites is 4. The lowest BCUT2D eigenvalue weighted by atomic mass is 9.46. The molecular formula is C35H30BN3. The van der Waals surface area contributed by atoms with Gasteiger partial charge in [0.15, 0.2) is 0 Å². The quantitative estimate of drug-likeness (QED) is 0.226. The minimum absolute atomic E-state index is 0.0354. The lowest BCUT2D eigenvalue weighted by molar-refractivity contribution is 0.661. The standard InChI is InChI=1S/C35H30BN3/c1-35(2)25-14-6-5-13-23(25)24-21-22-32-34(33(24)35)39(31-20-12-11-19-30(31)38(32)4)36-26-15-7-9-17-28(26)37(3)29-18-10-8-16-27(29)36/h5-22H,1-4H3. The fourth-order valence-electron chi connectivity index (χ4n) is 7.44. The minimum Gasteiger partial charge on any atom is -0.373 e. The van der Waals surface area contributed by atoms with Gasteiger partial charge in [0.25, 0.3) is 0 Å². The summed E-state index contributed by atoms with van der Waals surface area (Å²) in [6.45, 7) is 4.83. The third kappa shape index (κ3) is 2.84. The first-order valence-electron chi connectivity index (χ1n) is 13.8. The molecule has 0 saturated carbocycles. The largest absolute Gasteiger partial charge is 0.373 e. The molecule has 0 unspecified atom stereocenters. The van der Waals surface area contributed by atoms with Crippen molar-refractivity contribution >= 4 is 51.9 Å². The van der Waals surface area contributed by atoms with Crippen molar-refractivity contribution in [3.05, 3.63) is 120 Å². The fourth-order valence-corrected chi connectivity index (χ4v) is 7.44. The van der Waals surface area contributed by atoms with Crippen molar-refractivity contribution in [1.82, 2.24) is 0 Å². The van der Waals surface area contributed by atoms with Gasteiger partial charge in [-0.25, -0.2) is 0 Å². The molecule has 0 saturated heterocycles. The molecule has 0 spiro atoms. The minimum atomic E-state index is -0.132. The van der Waals surface area contributed by atoms with Crippen LogP contribution < -0.4 is 25.5 Å². The molecule has 39 heavy (non-hydrogen) atoms. The molecule has 4 heteroatoms. The first kappa shape index (κ1) is 22.5. The summed E-state index contributed by atoms with van der Waals surface area (Å²) in [6, 6.07) is 40.4. The Bertz CT molecular complexity index is 1760. The Morgan fingerprint density at radius 3 is 1.74 bits per heavy atom. The van der Waals surface area contributed by atoms with E-state index in [4.69, 9.17) is 0 Å². The van der Waals surface area contributed by atoms with Crippen LogP contribution in [-0.2, 0) is 5.41 Å². The maximum absolute atomic E-state index is 2.65. The highest BCUT2D eigenvalue weighted by atomic mass is 15.2. The van der Waals surface area contributed by atoms with Crippen LogP contribution in [0, 0.1) is 0 Å². The van der Waals surface area contributed by atoms with E-state index < -0.39 is 0 Å². The molecule has 0 fully saturated rings. The Balaban J connectivity index is 1.50. The average molecular weight is 503 g/mol. The number of rotatable bonds is 1. The van der Waals surface area contributed by atoms with Crippen molar-refractivity contribution in [2.75, 3.05) is 28.7 Å². The van der Waals surface area contributed by atoms with Crippen LogP contribution in [0.3, 0.4) is 0 Å². The van der Waals surface area contributed by atoms with Crippen LogP contribution in [-0.4, -0.2) is 20.9 Å². The van der Waals surface area contributed by atoms with E-state index >= 15 is 0 Å². The Hall–Kier alpha value is -4.44. The van der Waals surface area contributed by atoms with Gasteiger partial charge in [0.05, 0.1) is 22.7 Å². The first-order chi connectivity index (χ1) is 19.0. The molecule has 5 aromatic rings. The molecular weight excluding hydrogens is 473 g/mol. The molecule has 1 aliphatic carbocycles. The van der Waals surface area contributed by atoms with Crippen LogP contribution in [0.15, 0.2) is 109 Å². The van der Waals surface area contributed by atoms with E-state index in [1.165, 1.54) is 67.3 Å². The normalized spacial score (nSPS) is 15.7. The topological polar surface area (TPSA) is 9.72 Å². The van der Waals surface area contributed by atoms with Crippen LogP contribution in [0.5, 0.6) is 0 Å². The molecule has 0 atom stereocenters. The van der Waals surface area contributed by atoms with Crippen LogP contribution in [0.1, 0.15) is 25.0 Å². The second kappa shape index (κ2) is 7.80. The van der Waals surface area contributed by atoms with E-state index in [0.29, 0.717) is 0 Å². The van der Waals surface area contributed by atoms with Gasteiger partial charge < -0.3 is 14.6 Å². The highest BCUT2D eigenvalue weighted by Crippen LogP contribution is 2.59. The molecule has 0 amide bonds. The van der Waals surface area contributed by atoms with Crippen LogP contribution >= 0.6 is 0 Å². The van der Waals surface area contributed by atoms with Crippen molar-refractivity contribution in [3.63, 3.8) is 0 Å². The predicted octanol–water partition coefficient (Wildman–Crippen LogP) is 7.10. The van der Waals surface area contributed by atoms with Gasteiger partial charge in [-0.3, -0.25) is 0 Å². The lowest BCUT2D eigenvalue weighted by Gasteiger charge is -2.47. The van der Waals surface area contributed by atoms with Crippen molar-refractivity contribution in [1.29, 1.82) is 0 Å². The molecule has 2 aliphatic heterocycles. The maximum Gasteiger partial charge on any atom is 0.332 e. The molecule has 3 aliphatic rings. The number of anilines is 6. The van der Waals surface area contributed by atoms with E-state index in [-0.39, 0.29) is 12.3 Å². The highest BCUT2D eigenvalue weighted by Gasteiger charge is 2.46. The predicted molar refractivity (Wildman–Crippen MR) is 167 cm³/mol. The summed E-state index contributed by atoms with van der Waals surface area (Å²) < 4.78 is 0. The lowest BCUT2D eigenvalue weighted by Crippen LogP contribution is -2.60. The molecule has 0 aromatic heterocycles. The highest BCUT2D eigenvalue weighted by molar-refractivity contribution is 6.92. The van der Waals surface area contributed by atoms with Crippen LogP contribution in [0.2, 0.25) is 0 Å². The van der Waals surface area contributed by atoms with E-state index in [0.717, 1.165) is 0 Å². The first-order valence-corrected chi connectivity index (χ1v) is 13.8. The summed E-state index contributed by atoms with van der Waals surface area (Å²) >= 11 is 0. The molecule has 0 N–H and O–H groups in total. The SMILES string of the molecule is CN1c2ccccc2B(N2c3ccccc3N(C)c3ccc4c(c32)C(C)(C)c2ccccc2-4)c2ccccc21. The Morgan fingerprint density at radius 2 is 1.05 bits per heavy atom. The molecule has 0 bridgehead atoms. The van der Waals surface area contributed by atoms with Gasteiger partial charge in [-0.2, -0.15) is 0 Å². The monoisotopic (exact) mass is 503 g/mol. The number of nitrogens with zero attached hydrogens (tertiary/aromatic N) is 3. The average Bonchev–Trinajstić information content (AvgIpc) is 3.21. The maximum atomic E-state index is 2.65. The zero-order valence-electron chi connectivity index (χ0n) is 22.8. The summed E-state index contributed by atoms with van der Waals surface area (Å²) in [5.41, 5.74) is 15.6. The Morgan fingerprint density at radius 1 is 0.513 bits per heavy atom. The summed E-state index contributed by atoms with van der Waals surface area (Å²) in [7, 11) is 4.41. The second-order valence-electron chi connectivity index (χ2n) is 11.5. The Kier molecular flexibility index (Phi) is 4.51.